The van der Waals surface area contributed by atoms with Crippen molar-refractivity contribution in [3.05, 3.63) is 48.6 Å². The van der Waals surface area contributed by atoms with Crippen molar-refractivity contribution in [2.24, 2.45) is 0 Å². The number of allylic oxidation sites excluding steroid dienone is 7. The first kappa shape index (κ1) is 56.8. The van der Waals surface area contributed by atoms with Gasteiger partial charge in [0.25, 0.3) is 0 Å². The molecular weight excluding hydrogens is 731 g/mol. The van der Waals surface area contributed by atoms with Crippen LogP contribution < -0.4 is 5.32 Å². The number of ether oxygens (including phenoxy) is 1. The fourth-order valence-electron chi connectivity index (χ4n) is 7.50. The van der Waals surface area contributed by atoms with Crippen molar-refractivity contribution in [3.8, 4) is 0 Å². The number of rotatable bonds is 45. The fourth-order valence-corrected chi connectivity index (χ4v) is 7.50. The first-order valence-corrected chi connectivity index (χ1v) is 25.4. The molecule has 0 fully saturated rings. The van der Waals surface area contributed by atoms with Gasteiger partial charge in [0.05, 0.1) is 25.2 Å². The van der Waals surface area contributed by atoms with Crippen LogP contribution in [0.3, 0.4) is 0 Å². The molecule has 0 aromatic rings. The van der Waals surface area contributed by atoms with Crippen molar-refractivity contribution in [1.82, 2.24) is 5.32 Å². The number of aliphatic hydroxyl groups is 2. The van der Waals surface area contributed by atoms with E-state index in [4.69, 9.17) is 4.74 Å². The van der Waals surface area contributed by atoms with E-state index in [0.717, 1.165) is 57.8 Å². The molecule has 0 aromatic carbocycles. The van der Waals surface area contributed by atoms with Gasteiger partial charge in [-0.3, -0.25) is 9.59 Å². The zero-order valence-corrected chi connectivity index (χ0v) is 39.1. The molecule has 0 aliphatic rings. The summed E-state index contributed by atoms with van der Waals surface area (Å²) in [5.41, 5.74) is 0. The highest BCUT2D eigenvalue weighted by atomic mass is 16.5. The Kier molecular flexibility index (Phi) is 45.1. The van der Waals surface area contributed by atoms with Crippen LogP contribution in [0.1, 0.15) is 252 Å². The molecule has 0 spiro atoms. The third-order valence-corrected chi connectivity index (χ3v) is 11.4. The first-order valence-electron chi connectivity index (χ1n) is 25.4. The Morgan fingerprint density at radius 3 is 1.42 bits per heavy atom. The average molecular weight is 828 g/mol. The molecule has 0 rings (SSSR count). The van der Waals surface area contributed by atoms with Gasteiger partial charge >= 0.3 is 5.97 Å². The molecule has 6 nitrogen and oxygen atoms in total. The number of hydrogen-bond acceptors (Lipinski definition) is 5. The number of aliphatic hydroxyl groups excluding tert-OH is 2. The van der Waals surface area contributed by atoms with E-state index in [1.807, 2.05) is 12.2 Å². The SMILES string of the molecule is CCCCCCCC/C=C\C/C=C/C(CC(=O)NC(CO)C(O)CCCCCCCCCCCCCCC)OC(=O)CCCCC/C=C/C=C/CCCCCCCCC. The number of amides is 1. The Morgan fingerprint density at radius 1 is 0.525 bits per heavy atom. The molecule has 59 heavy (non-hydrogen) atoms. The summed E-state index contributed by atoms with van der Waals surface area (Å²) in [6.45, 7) is 6.43. The Bertz CT molecular complexity index is 1020. The third kappa shape index (κ3) is 42.3. The number of unbranched alkanes of at least 4 members (excludes halogenated alkanes) is 28. The molecule has 344 valence electrons. The van der Waals surface area contributed by atoms with Crippen LogP contribution >= 0.6 is 0 Å². The predicted molar refractivity (Wildman–Crippen MR) is 255 cm³/mol. The molecule has 3 atom stereocenters. The van der Waals surface area contributed by atoms with E-state index in [0.29, 0.717) is 19.3 Å². The van der Waals surface area contributed by atoms with Gasteiger partial charge in [-0.2, -0.15) is 0 Å². The third-order valence-electron chi connectivity index (χ3n) is 11.4. The highest BCUT2D eigenvalue weighted by Gasteiger charge is 2.23. The van der Waals surface area contributed by atoms with Crippen LogP contribution in [0.5, 0.6) is 0 Å². The summed E-state index contributed by atoms with van der Waals surface area (Å²) in [6.07, 6.45) is 56.3. The van der Waals surface area contributed by atoms with E-state index >= 15 is 0 Å². The topological polar surface area (TPSA) is 95.9 Å². The highest BCUT2D eigenvalue weighted by molar-refractivity contribution is 5.78. The highest BCUT2D eigenvalue weighted by Crippen LogP contribution is 2.16. The van der Waals surface area contributed by atoms with Crippen LogP contribution in [0.2, 0.25) is 0 Å². The zero-order chi connectivity index (χ0) is 43.1. The second-order valence-corrected chi connectivity index (χ2v) is 17.2. The predicted octanol–water partition coefficient (Wildman–Crippen LogP) is 15.1. The van der Waals surface area contributed by atoms with Crippen molar-refractivity contribution in [3.63, 3.8) is 0 Å². The van der Waals surface area contributed by atoms with Crippen molar-refractivity contribution in [2.75, 3.05) is 6.61 Å². The van der Waals surface area contributed by atoms with Gasteiger partial charge in [-0.05, 0) is 63.9 Å². The summed E-state index contributed by atoms with van der Waals surface area (Å²) in [6, 6.07) is -0.736. The van der Waals surface area contributed by atoms with Gasteiger partial charge in [-0.1, -0.05) is 224 Å². The van der Waals surface area contributed by atoms with Crippen LogP contribution in [0.4, 0.5) is 0 Å². The number of carbonyl (C=O) groups excluding carboxylic acids is 2. The van der Waals surface area contributed by atoms with Crippen LogP contribution in [-0.2, 0) is 14.3 Å². The van der Waals surface area contributed by atoms with Gasteiger partial charge in [0, 0.05) is 6.42 Å². The minimum Gasteiger partial charge on any atom is -0.458 e. The van der Waals surface area contributed by atoms with Crippen LogP contribution in [-0.4, -0.2) is 46.9 Å². The maximum absolute atomic E-state index is 13.1. The summed E-state index contributed by atoms with van der Waals surface area (Å²) >= 11 is 0. The Balaban J connectivity index is 4.65. The van der Waals surface area contributed by atoms with Gasteiger partial charge in [-0.25, -0.2) is 0 Å². The standard InChI is InChI=1S/C53H97NO5/c1-4-7-10-13-16-19-22-24-25-26-28-31-34-37-40-43-46-53(58)59-49(44-41-38-35-32-29-21-18-15-12-9-6-3)47-52(57)54-50(48-55)51(56)45-42-39-36-33-30-27-23-20-17-14-11-8-5-2/h25-26,28,31-32,35,41,44,49-51,55-56H,4-24,27,29-30,33-34,36-40,42-43,45-48H2,1-3H3,(H,54,57)/b26-25+,31-28+,35-32-,44-41+. The smallest absolute Gasteiger partial charge is 0.306 e. The lowest BCUT2D eigenvalue weighted by Gasteiger charge is -2.23. The number of hydrogen-bond donors (Lipinski definition) is 3. The summed E-state index contributed by atoms with van der Waals surface area (Å²) < 4.78 is 5.81. The second kappa shape index (κ2) is 46.9. The molecule has 6 heteroatoms. The Hall–Kier alpha value is -2.18. The van der Waals surface area contributed by atoms with Gasteiger partial charge in [0.15, 0.2) is 0 Å². The van der Waals surface area contributed by atoms with Gasteiger partial charge < -0.3 is 20.3 Å². The van der Waals surface area contributed by atoms with Crippen LogP contribution in [0.25, 0.3) is 0 Å². The molecule has 0 heterocycles. The zero-order valence-electron chi connectivity index (χ0n) is 39.1. The largest absolute Gasteiger partial charge is 0.458 e. The molecule has 0 bridgehead atoms. The first-order chi connectivity index (χ1) is 29.0. The minimum atomic E-state index is -0.814. The molecule has 0 radical (unpaired) electrons. The molecule has 0 saturated heterocycles. The van der Waals surface area contributed by atoms with Gasteiger partial charge in [-0.15, -0.1) is 0 Å². The summed E-state index contributed by atoms with van der Waals surface area (Å²) in [4.78, 5) is 26.0. The lowest BCUT2D eigenvalue weighted by atomic mass is 10.0. The van der Waals surface area contributed by atoms with E-state index in [1.165, 1.54) is 148 Å². The van der Waals surface area contributed by atoms with Crippen molar-refractivity contribution in [1.29, 1.82) is 0 Å². The molecule has 0 aliphatic heterocycles. The normalized spacial score (nSPS) is 13.6. The van der Waals surface area contributed by atoms with Crippen molar-refractivity contribution < 1.29 is 24.5 Å². The van der Waals surface area contributed by atoms with E-state index in [2.05, 4.69) is 62.5 Å². The average Bonchev–Trinajstić information content (AvgIpc) is 3.23. The van der Waals surface area contributed by atoms with E-state index in [-0.39, 0.29) is 24.9 Å². The second-order valence-electron chi connectivity index (χ2n) is 17.2. The number of esters is 1. The van der Waals surface area contributed by atoms with E-state index in [1.54, 1.807) is 0 Å². The van der Waals surface area contributed by atoms with Crippen LogP contribution in [0.15, 0.2) is 48.6 Å². The molecule has 0 aliphatic carbocycles. The molecule has 1 amide bonds. The Morgan fingerprint density at radius 2 is 0.949 bits per heavy atom. The monoisotopic (exact) mass is 828 g/mol. The number of carbonyl (C=O) groups is 2. The maximum Gasteiger partial charge on any atom is 0.306 e. The molecule has 3 unspecified atom stereocenters. The van der Waals surface area contributed by atoms with E-state index < -0.39 is 18.2 Å². The lowest BCUT2D eigenvalue weighted by Crippen LogP contribution is -2.46. The molecular formula is C53H97NO5. The summed E-state index contributed by atoms with van der Waals surface area (Å²) in [5, 5.41) is 23.7. The molecule has 3 N–H and O–H groups in total. The Labute approximate surface area is 366 Å². The minimum absolute atomic E-state index is 0.0387. The molecule has 0 aromatic heterocycles. The van der Waals surface area contributed by atoms with E-state index in [9.17, 15) is 19.8 Å². The summed E-state index contributed by atoms with van der Waals surface area (Å²) in [7, 11) is 0. The quantitative estimate of drug-likeness (QED) is 0.0246. The lowest BCUT2D eigenvalue weighted by molar-refractivity contribution is -0.148. The van der Waals surface area contributed by atoms with Crippen molar-refractivity contribution >= 4 is 11.9 Å². The molecule has 0 saturated carbocycles. The summed E-state index contributed by atoms with van der Waals surface area (Å²) in [5.74, 6) is -0.631. The van der Waals surface area contributed by atoms with Crippen LogP contribution in [0, 0.1) is 0 Å². The fraction of sp³-hybridized carbons (Fsp3) is 0.811. The number of nitrogens with one attached hydrogen (secondary N) is 1. The maximum atomic E-state index is 13.1. The van der Waals surface area contributed by atoms with Gasteiger partial charge in [0.2, 0.25) is 5.91 Å². The van der Waals surface area contributed by atoms with Crippen molar-refractivity contribution in [2.45, 2.75) is 270 Å². The van der Waals surface area contributed by atoms with Gasteiger partial charge in [0.1, 0.15) is 6.10 Å².